The highest BCUT2D eigenvalue weighted by molar-refractivity contribution is 7.81. The maximum atomic E-state index is 4.59. The largest absolute Gasteiger partial charge is 0.306 e. The first-order chi connectivity index (χ1) is 5.13. The lowest BCUT2D eigenvalue weighted by molar-refractivity contribution is 0.233. The Morgan fingerprint density at radius 2 is 2.00 bits per heavy atom. The molecule has 2 heteroatoms. The summed E-state index contributed by atoms with van der Waals surface area (Å²) < 4.78 is 0. The van der Waals surface area contributed by atoms with Crippen molar-refractivity contribution in [1.29, 1.82) is 0 Å². The Balaban J connectivity index is 2.45. The normalized spacial score (nSPS) is 34.6. The molecule has 1 saturated carbocycles. The molecule has 0 aliphatic heterocycles. The fourth-order valence-corrected chi connectivity index (χ4v) is 2.50. The highest BCUT2D eigenvalue weighted by Gasteiger charge is 2.29. The molecule has 0 aromatic rings. The molecule has 3 atom stereocenters. The molecule has 0 amide bonds. The summed E-state index contributed by atoms with van der Waals surface area (Å²) in [6, 6.07) is 0.694. The second-order valence-corrected chi connectivity index (χ2v) is 4.53. The molecule has 1 aliphatic carbocycles. The van der Waals surface area contributed by atoms with Crippen molar-refractivity contribution in [2.24, 2.45) is 5.92 Å². The SMILES string of the molecule is C[C@@H](C1CCCC1S)N(C)C. The van der Waals surface area contributed by atoms with Gasteiger partial charge in [0.25, 0.3) is 0 Å². The quantitative estimate of drug-likeness (QED) is 0.625. The lowest BCUT2D eigenvalue weighted by atomic mass is 9.99. The summed E-state index contributed by atoms with van der Waals surface area (Å²) >= 11 is 4.59. The van der Waals surface area contributed by atoms with Gasteiger partial charge in [-0.25, -0.2) is 0 Å². The van der Waals surface area contributed by atoms with Gasteiger partial charge in [-0.05, 0) is 39.8 Å². The Morgan fingerprint density at radius 1 is 1.36 bits per heavy atom. The third-order valence-electron chi connectivity index (χ3n) is 2.97. The predicted octanol–water partition coefficient (Wildman–Crippen LogP) is 2.04. The molecule has 1 fully saturated rings. The van der Waals surface area contributed by atoms with E-state index in [1.807, 2.05) is 0 Å². The van der Waals surface area contributed by atoms with Crippen LogP contribution >= 0.6 is 12.6 Å². The number of hydrogen-bond acceptors (Lipinski definition) is 2. The van der Waals surface area contributed by atoms with Crippen LogP contribution in [-0.2, 0) is 0 Å². The van der Waals surface area contributed by atoms with Gasteiger partial charge in [0.15, 0.2) is 0 Å². The second kappa shape index (κ2) is 3.81. The van der Waals surface area contributed by atoms with Crippen molar-refractivity contribution in [2.75, 3.05) is 14.1 Å². The van der Waals surface area contributed by atoms with Crippen LogP contribution in [0.1, 0.15) is 26.2 Å². The van der Waals surface area contributed by atoms with Crippen molar-refractivity contribution in [1.82, 2.24) is 4.90 Å². The molecule has 0 heterocycles. The van der Waals surface area contributed by atoms with Crippen molar-refractivity contribution < 1.29 is 0 Å². The minimum Gasteiger partial charge on any atom is -0.306 e. The van der Waals surface area contributed by atoms with Crippen LogP contribution < -0.4 is 0 Å². The average Bonchev–Trinajstić information content (AvgIpc) is 2.33. The monoisotopic (exact) mass is 173 g/mol. The zero-order valence-electron chi connectivity index (χ0n) is 7.75. The van der Waals surface area contributed by atoms with E-state index in [1.54, 1.807) is 0 Å². The zero-order chi connectivity index (χ0) is 8.43. The van der Waals surface area contributed by atoms with Gasteiger partial charge >= 0.3 is 0 Å². The molecule has 1 aliphatic rings. The van der Waals surface area contributed by atoms with Gasteiger partial charge < -0.3 is 4.90 Å². The first-order valence-electron chi connectivity index (χ1n) is 4.47. The van der Waals surface area contributed by atoms with Gasteiger partial charge in [0, 0.05) is 11.3 Å². The molecular formula is C9H19NS. The lowest BCUT2D eigenvalue weighted by Crippen LogP contribution is -2.34. The fraction of sp³-hybridized carbons (Fsp3) is 1.00. The van der Waals surface area contributed by atoms with Crippen LogP contribution in [0.25, 0.3) is 0 Å². The highest BCUT2D eigenvalue weighted by atomic mass is 32.1. The molecule has 1 nitrogen and oxygen atoms in total. The molecule has 66 valence electrons. The van der Waals surface area contributed by atoms with E-state index < -0.39 is 0 Å². The van der Waals surface area contributed by atoms with E-state index in [-0.39, 0.29) is 0 Å². The van der Waals surface area contributed by atoms with E-state index in [0.717, 1.165) is 5.92 Å². The molecule has 0 saturated heterocycles. The summed E-state index contributed by atoms with van der Waals surface area (Å²) in [4.78, 5) is 2.30. The lowest BCUT2D eigenvalue weighted by Gasteiger charge is -2.28. The summed E-state index contributed by atoms with van der Waals surface area (Å²) in [6.07, 6.45) is 4.05. The molecule has 11 heavy (non-hydrogen) atoms. The second-order valence-electron chi connectivity index (χ2n) is 3.87. The van der Waals surface area contributed by atoms with Gasteiger partial charge in [-0.3, -0.25) is 0 Å². The maximum absolute atomic E-state index is 4.59. The molecule has 0 spiro atoms. The standard InChI is InChI=1S/C9H19NS/c1-7(10(2)3)8-5-4-6-9(8)11/h7-9,11H,4-6H2,1-3H3/t7-,8?,9?/m0/s1. The van der Waals surface area contributed by atoms with Crippen LogP contribution in [0.5, 0.6) is 0 Å². The summed E-state index contributed by atoms with van der Waals surface area (Å²) in [5, 5.41) is 0.646. The average molecular weight is 173 g/mol. The van der Waals surface area contributed by atoms with Crippen molar-refractivity contribution in [3.63, 3.8) is 0 Å². The number of nitrogens with zero attached hydrogens (tertiary/aromatic N) is 1. The summed E-state index contributed by atoms with van der Waals surface area (Å²) in [7, 11) is 4.31. The van der Waals surface area contributed by atoms with Crippen LogP contribution in [0.3, 0.4) is 0 Å². The Morgan fingerprint density at radius 3 is 2.36 bits per heavy atom. The van der Waals surface area contributed by atoms with Gasteiger partial charge in [-0.1, -0.05) is 6.42 Å². The first kappa shape index (κ1) is 9.40. The molecule has 0 radical (unpaired) electrons. The molecule has 2 unspecified atom stereocenters. The van der Waals surface area contributed by atoms with Gasteiger partial charge in [0.1, 0.15) is 0 Å². The first-order valence-corrected chi connectivity index (χ1v) is 4.99. The molecule has 0 bridgehead atoms. The minimum absolute atomic E-state index is 0.646. The third kappa shape index (κ3) is 2.12. The van der Waals surface area contributed by atoms with Gasteiger partial charge in [0.2, 0.25) is 0 Å². The fourth-order valence-electron chi connectivity index (χ4n) is 1.91. The smallest absolute Gasteiger partial charge is 0.00995 e. The van der Waals surface area contributed by atoms with E-state index in [4.69, 9.17) is 0 Å². The molecular weight excluding hydrogens is 154 g/mol. The van der Waals surface area contributed by atoms with Crippen molar-refractivity contribution >= 4 is 12.6 Å². The van der Waals surface area contributed by atoms with Crippen LogP contribution in [0.2, 0.25) is 0 Å². The third-order valence-corrected chi connectivity index (χ3v) is 3.61. The summed E-state index contributed by atoms with van der Waals surface area (Å²) in [6.45, 7) is 2.30. The topological polar surface area (TPSA) is 3.24 Å². The zero-order valence-corrected chi connectivity index (χ0v) is 8.64. The number of hydrogen-bond donors (Lipinski definition) is 1. The predicted molar refractivity (Wildman–Crippen MR) is 53.3 cm³/mol. The summed E-state index contributed by atoms with van der Waals surface area (Å²) in [5.41, 5.74) is 0. The van der Waals surface area contributed by atoms with E-state index in [9.17, 15) is 0 Å². The highest BCUT2D eigenvalue weighted by Crippen LogP contribution is 2.33. The number of rotatable bonds is 2. The number of thiol groups is 1. The van der Waals surface area contributed by atoms with E-state index in [2.05, 4.69) is 38.5 Å². The van der Waals surface area contributed by atoms with Crippen molar-refractivity contribution in [3.8, 4) is 0 Å². The molecule has 0 N–H and O–H groups in total. The Kier molecular flexibility index (Phi) is 3.26. The van der Waals surface area contributed by atoms with Gasteiger partial charge in [0.05, 0.1) is 0 Å². The molecule has 1 rings (SSSR count). The molecule has 0 aromatic carbocycles. The Bertz CT molecular complexity index is 125. The minimum atomic E-state index is 0.646. The Hall–Kier alpha value is 0.310. The van der Waals surface area contributed by atoms with Crippen LogP contribution in [0, 0.1) is 5.92 Å². The Labute approximate surface area is 75.6 Å². The van der Waals surface area contributed by atoms with Crippen LogP contribution in [0.4, 0.5) is 0 Å². The van der Waals surface area contributed by atoms with E-state index in [0.29, 0.717) is 11.3 Å². The maximum Gasteiger partial charge on any atom is 0.00995 e. The van der Waals surface area contributed by atoms with Crippen molar-refractivity contribution in [3.05, 3.63) is 0 Å². The molecule has 0 aromatic heterocycles. The van der Waals surface area contributed by atoms with E-state index in [1.165, 1.54) is 19.3 Å². The van der Waals surface area contributed by atoms with Gasteiger partial charge in [-0.15, -0.1) is 0 Å². The van der Waals surface area contributed by atoms with Gasteiger partial charge in [-0.2, -0.15) is 12.6 Å². The van der Waals surface area contributed by atoms with Crippen molar-refractivity contribution in [2.45, 2.75) is 37.5 Å². The van der Waals surface area contributed by atoms with Crippen LogP contribution in [-0.4, -0.2) is 30.3 Å². The van der Waals surface area contributed by atoms with Crippen LogP contribution in [0.15, 0.2) is 0 Å². The van der Waals surface area contributed by atoms with E-state index >= 15 is 0 Å². The summed E-state index contributed by atoms with van der Waals surface area (Å²) in [5.74, 6) is 0.813.